The van der Waals surface area contributed by atoms with Crippen LogP contribution in [-0.4, -0.2) is 32.8 Å². The number of benzene rings is 2. The molecule has 0 N–H and O–H groups in total. The minimum Gasteiger partial charge on any atom is -0.469 e. The van der Waals surface area contributed by atoms with E-state index >= 15 is 0 Å². The third kappa shape index (κ3) is 4.52. The van der Waals surface area contributed by atoms with E-state index in [4.69, 9.17) is 9.16 Å². The lowest BCUT2D eigenvalue weighted by atomic mass is 9.97. The van der Waals surface area contributed by atoms with Gasteiger partial charge in [0.05, 0.1) is 13.0 Å². The molecule has 2 aromatic rings. The van der Waals surface area contributed by atoms with Crippen LogP contribution in [0.5, 0.6) is 0 Å². The van der Waals surface area contributed by atoms with Crippen molar-refractivity contribution in [1.29, 1.82) is 0 Å². The Hall–Kier alpha value is -1.43. The fourth-order valence-electron chi connectivity index (χ4n) is 4.67. The average molecular weight is 475 g/mol. The molecule has 3 nitrogen and oxygen atoms in total. The number of alkyl halides is 1. The average Bonchev–Trinajstić information content (AvgIpc) is 3.09. The highest BCUT2D eigenvalue weighted by molar-refractivity contribution is 9.09. The molecule has 0 aromatic heterocycles. The highest BCUT2D eigenvalue weighted by Crippen LogP contribution is 2.41. The van der Waals surface area contributed by atoms with Gasteiger partial charge in [-0.15, -0.1) is 0 Å². The summed E-state index contributed by atoms with van der Waals surface area (Å²) in [6.45, 7) is 7.39. The van der Waals surface area contributed by atoms with E-state index < -0.39 is 8.32 Å². The largest absolute Gasteiger partial charge is 0.469 e. The lowest BCUT2D eigenvalue weighted by Crippen LogP contribution is -2.67. The molecule has 0 heterocycles. The maximum Gasteiger partial charge on any atom is 0.309 e. The van der Waals surface area contributed by atoms with E-state index in [0.717, 1.165) is 12.8 Å². The van der Waals surface area contributed by atoms with E-state index in [9.17, 15) is 4.79 Å². The van der Waals surface area contributed by atoms with Gasteiger partial charge in [0.15, 0.2) is 0 Å². The molecule has 29 heavy (non-hydrogen) atoms. The van der Waals surface area contributed by atoms with Crippen molar-refractivity contribution in [2.24, 2.45) is 11.8 Å². The first-order valence-corrected chi connectivity index (χ1v) is 13.1. The van der Waals surface area contributed by atoms with Crippen molar-refractivity contribution in [3.63, 3.8) is 0 Å². The van der Waals surface area contributed by atoms with Crippen LogP contribution in [0.4, 0.5) is 0 Å². The predicted molar refractivity (Wildman–Crippen MR) is 125 cm³/mol. The second kappa shape index (κ2) is 9.15. The SMILES string of the molecule is COC(=O)[C@H]1C[C@@H](Br)C[C@H]1CO[Si](c1ccccc1)(c1ccccc1)C(C)(C)C. The lowest BCUT2D eigenvalue weighted by molar-refractivity contribution is -0.147. The van der Waals surface area contributed by atoms with E-state index in [-0.39, 0.29) is 22.8 Å². The minimum atomic E-state index is -2.58. The molecule has 156 valence electrons. The van der Waals surface area contributed by atoms with Crippen LogP contribution in [0.25, 0.3) is 0 Å². The van der Waals surface area contributed by atoms with Crippen molar-refractivity contribution >= 4 is 40.6 Å². The summed E-state index contributed by atoms with van der Waals surface area (Å²) in [5.74, 6) is -0.0703. The number of carbonyl (C=O) groups excluding carboxylic acids is 1. The standard InChI is InChI=1S/C24H31BrO3Si/c1-24(2,3)29(20-11-7-5-8-12-20,21-13-9-6-10-14-21)28-17-18-15-19(25)16-22(18)23(26)27-4/h5-14,18-19,22H,15-17H2,1-4H3/t18-,19-,22-/m0/s1. The predicted octanol–water partition coefficient (Wildman–Crippen LogP) is 4.53. The monoisotopic (exact) mass is 474 g/mol. The Morgan fingerprint density at radius 3 is 1.97 bits per heavy atom. The molecule has 0 unspecified atom stereocenters. The molecule has 1 fully saturated rings. The second-order valence-electron chi connectivity index (χ2n) is 8.93. The molecule has 0 radical (unpaired) electrons. The Morgan fingerprint density at radius 2 is 1.52 bits per heavy atom. The quantitative estimate of drug-likeness (QED) is 0.350. The smallest absolute Gasteiger partial charge is 0.309 e. The summed E-state index contributed by atoms with van der Waals surface area (Å²) in [6, 6.07) is 21.3. The third-order valence-electron chi connectivity index (χ3n) is 6.07. The summed E-state index contributed by atoms with van der Waals surface area (Å²) >= 11 is 3.71. The summed E-state index contributed by atoms with van der Waals surface area (Å²) in [4.78, 5) is 12.7. The molecule has 2 aromatic carbocycles. The topological polar surface area (TPSA) is 35.5 Å². The van der Waals surface area contributed by atoms with E-state index in [2.05, 4.69) is 97.4 Å². The van der Waals surface area contributed by atoms with E-state index in [1.165, 1.54) is 17.5 Å². The molecule has 0 saturated heterocycles. The van der Waals surface area contributed by atoms with E-state index in [1.807, 2.05) is 0 Å². The van der Waals surface area contributed by atoms with Gasteiger partial charge in [-0.3, -0.25) is 4.79 Å². The molecule has 0 bridgehead atoms. The number of carbonyl (C=O) groups is 1. The van der Waals surface area contributed by atoms with Crippen LogP contribution >= 0.6 is 15.9 Å². The van der Waals surface area contributed by atoms with Gasteiger partial charge in [0.2, 0.25) is 0 Å². The maximum atomic E-state index is 12.3. The zero-order chi connectivity index (χ0) is 21.1. The molecule has 3 rings (SSSR count). The molecule has 5 heteroatoms. The summed E-state index contributed by atoms with van der Waals surface area (Å²) in [5.41, 5.74) is 0. The normalized spacial score (nSPS) is 22.4. The van der Waals surface area contributed by atoms with E-state index in [0.29, 0.717) is 11.4 Å². The zero-order valence-corrected chi connectivity index (χ0v) is 20.3. The highest BCUT2D eigenvalue weighted by atomic mass is 79.9. The first kappa shape index (κ1) is 22.3. The fourth-order valence-corrected chi connectivity index (χ4v) is 10.2. The number of rotatable bonds is 6. The van der Waals surface area contributed by atoms with Crippen LogP contribution in [-0.2, 0) is 14.0 Å². The van der Waals surface area contributed by atoms with Crippen molar-refractivity contribution in [2.75, 3.05) is 13.7 Å². The highest BCUT2D eigenvalue weighted by Gasteiger charge is 2.51. The van der Waals surface area contributed by atoms with Crippen LogP contribution in [0.1, 0.15) is 33.6 Å². The van der Waals surface area contributed by atoms with Crippen LogP contribution in [0.15, 0.2) is 60.7 Å². The van der Waals surface area contributed by atoms with Gasteiger partial charge in [-0.05, 0) is 34.2 Å². The third-order valence-corrected chi connectivity index (χ3v) is 11.8. The fraction of sp³-hybridized carbons (Fsp3) is 0.458. The van der Waals surface area contributed by atoms with E-state index in [1.54, 1.807) is 0 Å². The Labute approximate surface area is 184 Å². The number of halogens is 1. The molecule has 1 aliphatic carbocycles. The first-order valence-electron chi connectivity index (χ1n) is 10.3. The molecule has 1 aliphatic rings. The van der Waals surface area contributed by atoms with Gasteiger partial charge in [0.25, 0.3) is 8.32 Å². The van der Waals surface area contributed by atoms with Gasteiger partial charge in [0.1, 0.15) is 0 Å². The number of hydrogen-bond acceptors (Lipinski definition) is 3. The second-order valence-corrected chi connectivity index (χ2v) is 14.5. The summed E-state index contributed by atoms with van der Waals surface area (Å²) < 4.78 is 12.1. The molecular weight excluding hydrogens is 444 g/mol. The van der Waals surface area contributed by atoms with Gasteiger partial charge < -0.3 is 9.16 Å². The van der Waals surface area contributed by atoms with Gasteiger partial charge in [0, 0.05) is 11.4 Å². The van der Waals surface area contributed by atoms with Gasteiger partial charge >= 0.3 is 5.97 Å². The maximum absolute atomic E-state index is 12.3. The van der Waals surface area contributed by atoms with Gasteiger partial charge in [-0.25, -0.2) is 0 Å². The molecule has 1 saturated carbocycles. The molecule has 0 aliphatic heterocycles. The van der Waals surface area contributed by atoms with Crippen molar-refractivity contribution in [1.82, 2.24) is 0 Å². The molecule has 3 atom stereocenters. The summed E-state index contributed by atoms with van der Waals surface area (Å²) in [5, 5.41) is 2.46. The Balaban J connectivity index is 2.01. The number of ether oxygens (including phenoxy) is 1. The Bertz CT molecular complexity index is 764. The van der Waals surface area contributed by atoms with Crippen LogP contribution in [0.2, 0.25) is 5.04 Å². The molecule has 0 spiro atoms. The molecular formula is C24H31BrO3Si. The van der Waals surface area contributed by atoms with Gasteiger partial charge in [-0.1, -0.05) is 97.4 Å². The van der Waals surface area contributed by atoms with Crippen molar-refractivity contribution in [2.45, 2.75) is 43.5 Å². The van der Waals surface area contributed by atoms with Crippen LogP contribution < -0.4 is 10.4 Å². The first-order chi connectivity index (χ1) is 13.8. The lowest BCUT2D eigenvalue weighted by Gasteiger charge is -2.43. The summed E-state index contributed by atoms with van der Waals surface area (Å²) in [6.07, 6.45) is 1.74. The number of hydrogen-bond donors (Lipinski definition) is 0. The summed E-state index contributed by atoms with van der Waals surface area (Å²) in [7, 11) is -1.10. The Morgan fingerprint density at radius 1 is 1.00 bits per heavy atom. The van der Waals surface area contributed by atoms with Crippen molar-refractivity contribution in [3.8, 4) is 0 Å². The van der Waals surface area contributed by atoms with Gasteiger partial charge in [-0.2, -0.15) is 0 Å². The molecule has 0 amide bonds. The van der Waals surface area contributed by atoms with Crippen LogP contribution in [0.3, 0.4) is 0 Å². The number of esters is 1. The zero-order valence-electron chi connectivity index (χ0n) is 17.7. The number of methoxy groups -OCH3 is 1. The van der Waals surface area contributed by atoms with Crippen molar-refractivity contribution < 1.29 is 14.0 Å². The van der Waals surface area contributed by atoms with Crippen molar-refractivity contribution in [3.05, 3.63) is 60.7 Å². The minimum absolute atomic E-state index is 0.0666. The Kier molecular flexibility index (Phi) is 7.02. The van der Waals surface area contributed by atoms with Crippen LogP contribution in [0, 0.1) is 11.8 Å².